The lowest BCUT2D eigenvalue weighted by molar-refractivity contribution is -0.385. The summed E-state index contributed by atoms with van der Waals surface area (Å²) in [6, 6.07) is 15.1. The lowest BCUT2D eigenvalue weighted by atomic mass is 9.88. The van der Waals surface area contributed by atoms with Crippen LogP contribution in [-0.4, -0.2) is 41.2 Å². The zero-order chi connectivity index (χ0) is 28.1. The SMILES string of the molecule is CS(=O)(=O)c1ccccc1-n1nc(C(N)=O)c2c1-c1cc(NC(=O)c3ccc(Cl)cc3[N+](=O)[O-])ccc1CC2. The van der Waals surface area contributed by atoms with Crippen molar-refractivity contribution in [2.24, 2.45) is 5.73 Å². The van der Waals surface area contributed by atoms with Gasteiger partial charge in [0.1, 0.15) is 5.56 Å². The number of para-hydroxylation sites is 1. The van der Waals surface area contributed by atoms with Gasteiger partial charge in [-0.05, 0) is 54.8 Å². The highest BCUT2D eigenvalue weighted by Gasteiger charge is 2.30. The van der Waals surface area contributed by atoms with Crippen LogP contribution in [0.2, 0.25) is 5.02 Å². The van der Waals surface area contributed by atoms with Gasteiger partial charge in [-0.2, -0.15) is 5.10 Å². The second-order valence-electron chi connectivity index (χ2n) is 8.94. The summed E-state index contributed by atoms with van der Waals surface area (Å²) >= 11 is 5.87. The highest BCUT2D eigenvalue weighted by Crippen LogP contribution is 2.39. The number of hydrogen-bond acceptors (Lipinski definition) is 7. The third-order valence-electron chi connectivity index (χ3n) is 6.38. The maximum absolute atomic E-state index is 13.0. The third-order valence-corrected chi connectivity index (χ3v) is 7.76. The van der Waals surface area contributed by atoms with Crippen LogP contribution in [-0.2, 0) is 22.7 Å². The number of nitro groups is 1. The normalized spacial score (nSPS) is 12.4. The summed E-state index contributed by atoms with van der Waals surface area (Å²) in [7, 11) is -3.66. The van der Waals surface area contributed by atoms with E-state index in [1.54, 1.807) is 36.4 Å². The van der Waals surface area contributed by atoms with Crippen molar-refractivity contribution in [1.29, 1.82) is 0 Å². The number of fused-ring (bicyclic) bond motifs is 3. The van der Waals surface area contributed by atoms with Crippen LogP contribution in [0.1, 0.15) is 32.0 Å². The minimum atomic E-state index is -3.66. The molecule has 0 aliphatic heterocycles. The van der Waals surface area contributed by atoms with Gasteiger partial charge in [-0.1, -0.05) is 29.8 Å². The first-order chi connectivity index (χ1) is 18.5. The molecule has 39 heavy (non-hydrogen) atoms. The van der Waals surface area contributed by atoms with Gasteiger partial charge < -0.3 is 11.1 Å². The minimum absolute atomic E-state index is 0.0120. The minimum Gasteiger partial charge on any atom is -0.364 e. The molecule has 0 bridgehead atoms. The molecule has 1 aliphatic rings. The van der Waals surface area contributed by atoms with Gasteiger partial charge in [0, 0.05) is 34.2 Å². The quantitative estimate of drug-likeness (QED) is 0.263. The summed E-state index contributed by atoms with van der Waals surface area (Å²) in [5, 5.41) is 18.7. The molecule has 4 aromatic rings. The molecule has 13 heteroatoms. The van der Waals surface area contributed by atoms with E-state index in [0.717, 1.165) is 17.9 Å². The second-order valence-corrected chi connectivity index (χ2v) is 11.4. The Morgan fingerprint density at radius 1 is 1.10 bits per heavy atom. The Balaban J connectivity index is 1.65. The zero-order valence-electron chi connectivity index (χ0n) is 20.3. The molecular formula is C26H20ClN5O6S. The van der Waals surface area contributed by atoms with Gasteiger partial charge in [-0.15, -0.1) is 0 Å². The second kappa shape index (κ2) is 9.64. The number of carbonyl (C=O) groups excluding carboxylic acids is 2. The molecule has 0 saturated heterocycles. The predicted molar refractivity (Wildman–Crippen MR) is 144 cm³/mol. The van der Waals surface area contributed by atoms with Crippen LogP contribution >= 0.6 is 11.6 Å². The fourth-order valence-electron chi connectivity index (χ4n) is 4.68. The number of anilines is 1. The van der Waals surface area contributed by atoms with Crippen molar-refractivity contribution in [3.05, 3.63) is 98.2 Å². The molecule has 0 unspecified atom stereocenters. The van der Waals surface area contributed by atoms with E-state index in [1.807, 2.05) is 0 Å². The standard InChI is InChI=1S/C26H20ClN5O6S/c1-39(37,38)22-5-3-2-4-20(22)31-24-18(23(30-31)25(28)33)10-7-14-6-9-16(13-19(14)24)29-26(34)17-11-8-15(27)12-21(17)32(35)36/h2-6,8-9,11-13H,7,10H2,1H3,(H2,28,33)(H,29,34). The van der Waals surface area contributed by atoms with Crippen molar-refractivity contribution in [3.63, 3.8) is 0 Å². The van der Waals surface area contributed by atoms with Crippen LogP contribution in [0, 0.1) is 10.1 Å². The highest BCUT2D eigenvalue weighted by molar-refractivity contribution is 7.90. The number of nitro benzene ring substituents is 1. The van der Waals surface area contributed by atoms with E-state index >= 15 is 0 Å². The molecule has 1 aromatic heterocycles. The number of hydrogen-bond donors (Lipinski definition) is 2. The van der Waals surface area contributed by atoms with Crippen LogP contribution in [0.15, 0.2) is 65.6 Å². The van der Waals surface area contributed by atoms with Gasteiger partial charge in [0.05, 0.1) is 21.2 Å². The first-order valence-electron chi connectivity index (χ1n) is 11.6. The van der Waals surface area contributed by atoms with Gasteiger partial charge in [-0.3, -0.25) is 19.7 Å². The van der Waals surface area contributed by atoms with Crippen molar-refractivity contribution in [2.45, 2.75) is 17.7 Å². The predicted octanol–water partition coefficient (Wildman–Crippen LogP) is 3.95. The molecule has 1 heterocycles. The Labute approximate surface area is 227 Å². The number of carbonyl (C=O) groups is 2. The van der Waals surface area contributed by atoms with Crippen LogP contribution in [0.5, 0.6) is 0 Å². The number of rotatable bonds is 6. The Morgan fingerprint density at radius 3 is 2.54 bits per heavy atom. The molecule has 0 saturated carbocycles. The molecule has 11 nitrogen and oxygen atoms in total. The number of aromatic nitrogens is 2. The number of nitrogens with two attached hydrogens (primary N) is 1. The summed E-state index contributed by atoms with van der Waals surface area (Å²) in [5.41, 5.74) is 8.07. The Morgan fingerprint density at radius 2 is 1.85 bits per heavy atom. The first kappa shape index (κ1) is 26.1. The van der Waals surface area contributed by atoms with E-state index in [2.05, 4.69) is 10.4 Å². The summed E-state index contributed by atoms with van der Waals surface area (Å²) in [5.74, 6) is -1.48. The lowest BCUT2D eigenvalue weighted by Crippen LogP contribution is -2.16. The number of benzene rings is 3. The van der Waals surface area contributed by atoms with Crippen LogP contribution < -0.4 is 11.1 Å². The van der Waals surface area contributed by atoms with Gasteiger partial charge in [0.2, 0.25) is 0 Å². The molecule has 0 spiro atoms. The molecule has 1 aliphatic carbocycles. The maximum Gasteiger partial charge on any atom is 0.283 e. The summed E-state index contributed by atoms with van der Waals surface area (Å²) in [4.78, 5) is 36.1. The largest absolute Gasteiger partial charge is 0.364 e. The topological polar surface area (TPSA) is 167 Å². The van der Waals surface area contributed by atoms with E-state index in [4.69, 9.17) is 17.3 Å². The van der Waals surface area contributed by atoms with E-state index in [9.17, 15) is 28.1 Å². The Kier molecular flexibility index (Phi) is 6.44. The van der Waals surface area contributed by atoms with Crippen LogP contribution in [0.25, 0.3) is 16.9 Å². The van der Waals surface area contributed by atoms with E-state index in [1.165, 1.54) is 22.9 Å². The smallest absolute Gasteiger partial charge is 0.283 e. The summed E-state index contributed by atoms with van der Waals surface area (Å²) in [6.45, 7) is 0. The Hall–Kier alpha value is -4.55. The van der Waals surface area contributed by atoms with Crippen molar-refractivity contribution < 1.29 is 22.9 Å². The number of amides is 2. The van der Waals surface area contributed by atoms with E-state index in [-0.39, 0.29) is 26.9 Å². The van der Waals surface area contributed by atoms with E-state index < -0.39 is 32.3 Å². The Bertz CT molecular complexity index is 1820. The maximum atomic E-state index is 13.0. The van der Waals surface area contributed by atoms with E-state index in [0.29, 0.717) is 35.3 Å². The average molecular weight is 566 g/mol. The fraction of sp³-hybridized carbons (Fsp3) is 0.115. The third kappa shape index (κ3) is 4.75. The summed E-state index contributed by atoms with van der Waals surface area (Å²) in [6.07, 6.45) is 2.05. The van der Waals surface area contributed by atoms with Gasteiger partial charge in [0.15, 0.2) is 15.5 Å². The lowest BCUT2D eigenvalue weighted by Gasteiger charge is -2.20. The van der Waals surface area contributed by atoms with Gasteiger partial charge in [0.25, 0.3) is 17.5 Å². The number of nitrogens with one attached hydrogen (secondary N) is 1. The number of nitrogens with zero attached hydrogens (tertiary/aromatic N) is 3. The molecule has 2 amide bonds. The van der Waals surface area contributed by atoms with Crippen LogP contribution in [0.3, 0.4) is 0 Å². The molecule has 3 N–H and O–H groups in total. The average Bonchev–Trinajstić information content (AvgIpc) is 3.28. The molecular weight excluding hydrogens is 546 g/mol. The molecule has 3 aromatic carbocycles. The van der Waals surface area contributed by atoms with Crippen LogP contribution in [0.4, 0.5) is 11.4 Å². The summed E-state index contributed by atoms with van der Waals surface area (Å²) < 4.78 is 26.5. The fourth-order valence-corrected chi connectivity index (χ4v) is 5.71. The number of aryl methyl sites for hydroxylation is 1. The van der Waals surface area contributed by atoms with Gasteiger partial charge >= 0.3 is 0 Å². The monoisotopic (exact) mass is 565 g/mol. The van der Waals surface area contributed by atoms with Gasteiger partial charge in [-0.25, -0.2) is 13.1 Å². The molecule has 198 valence electrons. The highest BCUT2D eigenvalue weighted by atomic mass is 35.5. The molecule has 0 fully saturated rings. The number of primary amides is 1. The number of sulfone groups is 1. The van der Waals surface area contributed by atoms with Crippen molar-refractivity contribution >= 4 is 44.6 Å². The van der Waals surface area contributed by atoms with Crippen molar-refractivity contribution in [2.75, 3.05) is 11.6 Å². The first-order valence-corrected chi connectivity index (χ1v) is 13.8. The molecule has 5 rings (SSSR count). The van der Waals surface area contributed by atoms with Crippen molar-refractivity contribution in [1.82, 2.24) is 9.78 Å². The van der Waals surface area contributed by atoms with Crippen molar-refractivity contribution in [3.8, 4) is 16.9 Å². The zero-order valence-corrected chi connectivity index (χ0v) is 21.9. The molecule has 0 radical (unpaired) electrons. The molecule has 0 atom stereocenters. The number of halogens is 1.